The average molecular weight is 204 g/mol. The molecule has 0 aliphatic carbocycles. The molecule has 0 bridgehead atoms. The number of hydrogen-bond donors (Lipinski definition) is 2. The van der Waals surface area contributed by atoms with Gasteiger partial charge in [0.05, 0.1) is 13.2 Å². The van der Waals surface area contributed by atoms with Crippen molar-refractivity contribution in [2.45, 2.75) is 44.1 Å². The van der Waals surface area contributed by atoms with Crippen molar-refractivity contribution in [1.82, 2.24) is 0 Å². The van der Waals surface area contributed by atoms with Crippen molar-refractivity contribution in [2.75, 3.05) is 13.2 Å². The first-order valence-electron chi connectivity index (χ1n) is 4.80. The normalized spacial score (nSPS) is 45.4. The molecule has 5 nitrogen and oxygen atoms in total. The first-order valence-corrected chi connectivity index (χ1v) is 4.80. The fraction of sp³-hybridized carbons (Fsp3) is 1.00. The summed E-state index contributed by atoms with van der Waals surface area (Å²) in [5, 5.41) is 18.1. The number of fused-ring (bicyclic) bond motifs is 1. The first kappa shape index (κ1) is 10.3. The second-order valence-electron chi connectivity index (χ2n) is 4.14. The van der Waals surface area contributed by atoms with E-state index in [1.54, 1.807) is 0 Å². The summed E-state index contributed by atoms with van der Waals surface area (Å²) in [5.74, 6) is -0.653. The fourth-order valence-electron chi connectivity index (χ4n) is 2.07. The van der Waals surface area contributed by atoms with Crippen molar-refractivity contribution in [2.24, 2.45) is 0 Å². The molecule has 0 saturated carbocycles. The van der Waals surface area contributed by atoms with Gasteiger partial charge in [0.15, 0.2) is 5.79 Å². The molecule has 2 aliphatic heterocycles. The standard InChI is InChI=1S/C9H16O5/c1-9(2)13-7-5(3-10)12-6(4-11)8(7)14-9/h5-8,10-11H,3-4H2,1-2H3/t5-,6?,7?,8?/m1/s1. The lowest BCUT2D eigenvalue weighted by molar-refractivity contribution is -0.193. The Morgan fingerprint density at radius 2 is 1.43 bits per heavy atom. The monoisotopic (exact) mass is 204 g/mol. The first-order chi connectivity index (χ1) is 6.57. The van der Waals surface area contributed by atoms with E-state index in [4.69, 9.17) is 24.4 Å². The Hall–Kier alpha value is -0.200. The molecule has 14 heavy (non-hydrogen) atoms. The van der Waals surface area contributed by atoms with Crippen LogP contribution in [0, 0.1) is 0 Å². The van der Waals surface area contributed by atoms with Crippen LogP contribution in [0.3, 0.4) is 0 Å². The molecular weight excluding hydrogens is 188 g/mol. The molecule has 0 aromatic heterocycles. The predicted molar refractivity (Wildman–Crippen MR) is 46.7 cm³/mol. The lowest BCUT2D eigenvalue weighted by Gasteiger charge is -2.22. The molecule has 4 atom stereocenters. The van der Waals surface area contributed by atoms with Crippen LogP contribution in [0.5, 0.6) is 0 Å². The summed E-state index contributed by atoms with van der Waals surface area (Å²) in [6.45, 7) is 3.40. The minimum absolute atomic E-state index is 0.114. The summed E-state index contributed by atoms with van der Waals surface area (Å²) in [6, 6.07) is 0. The van der Waals surface area contributed by atoms with Crippen LogP contribution in [0.4, 0.5) is 0 Å². The van der Waals surface area contributed by atoms with Crippen LogP contribution in [0.2, 0.25) is 0 Å². The van der Waals surface area contributed by atoms with Crippen LogP contribution < -0.4 is 0 Å². The van der Waals surface area contributed by atoms with E-state index in [-0.39, 0.29) is 37.6 Å². The minimum Gasteiger partial charge on any atom is -0.394 e. The second-order valence-corrected chi connectivity index (χ2v) is 4.14. The number of aliphatic hydroxyl groups excluding tert-OH is 2. The van der Waals surface area contributed by atoms with Gasteiger partial charge in [0.25, 0.3) is 0 Å². The van der Waals surface area contributed by atoms with E-state index in [1.165, 1.54) is 0 Å². The lowest BCUT2D eigenvalue weighted by atomic mass is 10.1. The maximum atomic E-state index is 9.05. The zero-order valence-corrected chi connectivity index (χ0v) is 8.34. The van der Waals surface area contributed by atoms with Crippen LogP contribution >= 0.6 is 0 Å². The van der Waals surface area contributed by atoms with Gasteiger partial charge in [-0.3, -0.25) is 0 Å². The third-order valence-corrected chi connectivity index (χ3v) is 2.61. The van der Waals surface area contributed by atoms with Gasteiger partial charge in [-0.2, -0.15) is 0 Å². The second kappa shape index (κ2) is 3.43. The van der Waals surface area contributed by atoms with Crippen LogP contribution in [-0.2, 0) is 14.2 Å². The summed E-state index contributed by atoms with van der Waals surface area (Å²) in [5.41, 5.74) is 0. The van der Waals surface area contributed by atoms with E-state index in [2.05, 4.69) is 0 Å². The molecule has 0 aromatic carbocycles. The Labute approximate surface area is 82.6 Å². The van der Waals surface area contributed by atoms with Gasteiger partial charge in [-0.05, 0) is 13.8 Å². The van der Waals surface area contributed by atoms with E-state index in [0.29, 0.717) is 0 Å². The maximum absolute atomic E-state index is 9.05. The molecule has 2 fully saturated rings. The van der Waals surface area contributed by atoms with Crippen molar-refractivity contribution in [3.63, 3.8) is 0 Å². The number of aliphatic hydroxyl groups is 2. The van der Waals surface area contributed by atoms with Gasteiger partial charge in [-0.15, -0.1) is 0 Å². The van der Waals surface area contributed by atoms with E-state index >= 15 is 0 Å². The summed E-state index contributed by atoms with van der Waals surface area (Å²) < 4.78 is 16.6. The van der Waals surface area contributed by atoms with Gasteiger partial charge in [0.1, 0.15) is 24.4 Å². The van der Waals surface area contributed by atoms with Crippen molar-refractivity contribution >= 4 is 0 Å². The highest BCUT2D eigenvalue weighted by Gasteiger charge is 2.54. The molecule has 0 amide bonds. The van der Waals surface area contributed by atoms with E-state index < -0.39 is 5.79 Å². The smallest absolute Gasteiger partial charge is 0.164 e. The Morgan fingerprint density at radius 1 is 1.00 bits per heavy atom. The summed E-state index contributed by atoms with van der Waals surface area (Å²) >= 11 is 0. The van der Waals surface area contributed by atoms with Gasteiger partial charge in [-0.25, -0.2) is 0 Å². The van der Waals surface area contributed by atoms with Crippen molar-refractivity contribution in [3.05, 3.63) is 0 Å². The molecule has 2 heterocycles. The molecule has 0 spiro atoms. The van der Waals surface area contributed by atoms with Gasteiger partial charge >= 0.3 is 0 Å². The zero-order valence-electron chi connectivity index (χ0n) is 8.34. The third-order valence-electron chi connectivity index (χ3n) is 2.61. The SMILES string of the molecule is CC1(C)OC2C(CO)O[C@H](CO)C2O1. The van der Waals surface area contributed by atoms with Crippen LogP contribution in [0.15, 0.2) is 0 Å². The number of hydrogen-bond acceptors (Lipinski definition) is 5. The summed E-state index contributed by atoms with van der Waals surface area (Å²) in [4.78, 5) is 0. The Kier molecular flexibility index (Phi) is 2.53. The van der Waals surface area contributed by atoms with Crippen molar-refractivity contribution in [1.29, 1.82) is 0 Å². The topological polar surface area (TPSA) is 68.2 Å². The molecule has 2 aliphatic rings. The Balaban J connectivity index is 2.12. The predicted octanol–water partition coefficient (Wildman–Crippen LogP) is -0.742. The van der Waals surface area contributed by atoms with Crippen molar-refractivity contribution < 1.29 is 24.4 Å². The zero-order chi connectivity index (χ0) is 10.3. The van der Waals surface area contributed by atoms with Crippen LogP contribution in [0.25, 0.3) is 0 Å². The van der Waals surface area contributed by atoms with Gasteiger partial charge in [-0.1, -0.05) is 0 Å². The van der Waals surface area contributed by atoms with Gasteiger partial charge < -0.3 is 24.4 Å². The highest BCUT2D eigenvalue weighted by atomic mass is 16.8. The molecule has 0 aromatic rings. The summed E-state index contributed by atoms with van der Waals surface area (Å²) in [6.07, 6.45) is -1.32. The highest BCUT2D eigenvalue weighted by Crippen LogP contribution is 2.38. The van der Waals surface area contributed by atoms with Crippen molar-refractivity contribution in [3.8, 4) is 0 Å². The van der Waals surface area contributed by atoms with Gasteiger partial charge in [0.2, 0.25) is 0 Å². The minimum atomic E-state index is -0.653. The van der Waals surface area contributed by atoms with E-state index in [9.17, 15) is 0 Å². The molecule has 0 radical (unpaired) electrons. The third kappa shape index (κ3) is 1.55. The van der Waals surface area contributed by atoms with E-state index in [1.807, 2.05) is 13.8 Å². The molecule has 82 valence electrons. The largest absolute Gasteiger partial charge is 0.394 e. The van der Waals surface area contributed by atoms with Crippen LogP contribution in [0.1, 0.15) is 13.8 Å². The number of rotatable bonds is 2. The molecule has 2 saturated heterocycles. The van der Waals surface area contributed by atoms with Gasteiger partial charge in [0, 0.05) is 0 Å². The summed E-state index contributed by atoms with van der Waals surface area (Å²) in [7, 11) is 0. The Morgan fingerprint density at radius 3 is 1.79 bits per heavy atom. The molecule has 2 rings (SSSR count). The lowest BCUT2D eigenvalue weighted by Crippen LogP contribution is -2.32. The average Bonchev–Trinajstić information content (AvgIpc) is 2.57. The quantitative estimate of drug-likeness (QED) is 0.620. The molecule has 5 heteroatoms. The Bertz CT molecular complexity index is 197. The molecule has 3 unspecified atom stereocenters. The molecular formula is C9H16O5. The van der Waals surface area contributed by atoms with E-state index in [0.717, 1.165) is 0 Å². The van der Waals surface area contributed by atoms with Crippen LogP contribution in [-0.4, -0.2) is 53.6 Å². The molecule has 2 N–H and O–H groups in total. The fourth-order valence-corrected chi connectivity index (χ4v) is 2.07. The maximum Gasteiger partial charge on any atom is 0.164 e. The highest BCUT2D eigenvalue weighted by molar-refractivity contribution is 4.97. The number of ether oxygens (including phenoxy) is 3.